The molecule has 0 bridgehead atoms. The SMILES string of the molecule is CC(O)C(NC(=O)C(NC(=O)CNC(=O)C(N)Cc1ccc(O)cc1)C(C)O)C(=O)O. The van der Waals surface area contributed by atoms with Crippen LogP contribution in [0.15, 0.2) is 24.3 Å². The van der Waals surface area contributed by atoms with Crippen molar-refractivity contribution in [1.82, 2.24) is 16.0 Å². The van der Waals surface area contributed by atoms with E-state index in [4.69, 9.17) is 10.8 Å². The molecule has 12 nitrogen and oxygen atoms in total. The normalized spacial score (nSPS) is 15.6. The summed E-state index contributed by atoms with van der Waals surface area (Å²) in [7, 11) is 0. The van der Waals surface area contributed by atoms with E-state index in [2.05, 4.69) is 10.6 Å². The van der Waals surface area contributed by atoms with Gasteiger partial charge in [-0.2, -0.15) is 0 Å². The predicted molar refractivity (Wildman–Crippen MR) is 108 cm³/mol. The van der Waals surface area contributed by atoms with Crippen molar-refractivity contribution in [2.45, 2.75) is 50.6 Å². The summed E-state index contributed by atoms with van der Waals surface area (Å²) in [6.45, 7) is 1.82. The fourth-order valence-corrected chi connectivity index (χ4v) is 2.54. The van der Waals surface area contributed by atoms with Crippen LogP contribution in [-0.4, -0.2) is 81.0 Å². The van der Waals surface area contributed by atoms with E-state index < -0.39 is 60.6 Å². The quantitative estimate of drug-likeness (QED) is 0.178. The molecule has 0 fully saturated rings. The van der Waals surface area contributed by atoms with Gasteiger partial charge in [0.25, 0.3) is 0 Å². The summed E-state index contributed by atoms with van der Waals surface area (Å²) in [4.78, 5) is 47.5. The first-order valence-electron chi connectivity index (χ1n) is 9.42. The number of benzene rings is 1. The first-order chi connectivity index (χ1) is 14.4. The molecule has 0 aliphatic rings. The van der Waals surface area contributed by atoms with Crippen molar-refractivity contribution in [2.75, 3.05) is 6.54 Å². The van der Waals surface area contributed by atoms with Gasteiger partial charge in [-0.15, -0.1) is 0 Å². The summed E-state index contributed by atoms with van der Waals surface area (Å²) in [6, 6.07) is 1.95. The van der Waals surface area contributed by atoms with Crippen molar-refractivity contribution < 1.29 is 39.6 Å². The minimum absolute atomic E-state index is 0.0678. The third-order valence-corrected chi connectivity index (χ3v) is 4.28. The lowest BCUT2D eigenvalue weighted by Crippen LogP contribution is -2.59. The number of amides is 3. The van der Waals surface area contributed by atoms with Crippen LogP contribution in [0.5, 0.6) is 5.75 Å². The number of carbonyl (C=O) groups is 4. The Bertz CT molecular complexity index is 782. The van der Waals surface area contributed by atoms with Crippen molar-refractivity contribution in [1.29, 1.82) is 0 Å². The molecule has 5 atom stereocenters. The van der Waals surface area contributed by atoms with E-state index in [9.17, 15) is 34.5 Å². The summed E-state index contributed by atoms with van der Waals surface area (Å²) in [5, 5.41) is 44.0. The Morgan fingerprint density at radius 3 is 1.97 bits per heavy atom. The largest absolute Gasteiger partial charge is 0.508 e. The number of phenolic OH excluding ortho intramolecular Hbond substituents is 1. The molecule has 0 spiro atoms. The van der Waals surface area contributed by atoms with Gasteiger partial charge < -0.3 is 42.1 Å². The highest BCUT2D eigenvalue weighted by Gasteiger charge is 2.31. The summed E-state index contributed by atoms with van der Waals surface area (Å²) < 4.78 is 0. The summed E-state index contributed by atoms with van der Waals surface area (Å²) in [5.74, 6) is -3.91. The molecule has 31 heavy (non-hydrogen) atoms. The molecule has 0 heterocycles. The standard InChI is InChI=1S/C19H28N4O8/c1-9(24)15(18(29)23-16(10(2)25)19(30)31)22-14(27)8-21-17(28)13(20)7-11-3-5-12(26)6-4-11/h3-6,9-10,13,15-16,24-26H,7-8,20H2,1-2H3,(H,21,28)(H,22,27)(H,23,29)(H,30,31). The second-order valence-corrected chi connectivity index (χ2v) is 7.05. The fourth-order valence-electron chi connectivity index (χ4n) is 2.54. The number of phenols is 1. The van der Waals surface area contributed by atoms with Crippen LogP contribution in [0.1, 0.15) is 19.4 Å². The molecule has 0 saturated carbocycles. The molecule has 0 aliphatic heterocycles. The first-order valence-corrected chi connectivity index (χ1v) is 9.42. The van der Waals surface area contributed by atoms with Crippen LogP contribution in [0.4, 0.5) is 0 Å². The van der Waals surface area contributed by atoms with Crippen LogP contribution < -0.4 is 21.7 Å². The van der Waals surface area contributed by atoms with Gasteiger partial charge in [-0.05, 0) is 38.0 Å². The molecule has 0 aromatic heterocycles. The molecule has 0 aliphatic carbocycles. The Hall–Kier alpha value is -3.22. The van der Waals surface area contributed by atoms with Crippen molar-refractivity contribution in [3.8, 4) is 5.75 Å². The molecule has 0 saturated heterocycles. The van der Waals surface area contributed by atoms with Crippen LogP contribution in [0.3, 0.4) is 0 Å². The van der Waals surface area contributed by atoms with Crippen LogP contribution in [0, 0.1) is 0 Å². The molecular formula is C19H28N4O8. The minimum Gasteiger partial charge on any atom is -0.508 e. The predicted octanol–water partition coefficient (Wildman–Crippen LogP) is -2.81. The lowest BCUT2D eigenvalue weighted by molar-refractivity contribution is -0.145. The topological polar surface area (TPSA) is 211 Å². The molecule has 0 radical (unpaired) electrons. The number of hydrogen-bond acceptors (Lipinski definition) is 8. The van der Waals surface area contributed by atoms with Gasteiger partial charge in [-0.3, -0.25) is 14.4 Å². The molecule has 1 rings (SSSR count). The second-order valence-electron chi connectivity index (χ2n) is 7.05. The van der Waals surface area contributed by atoms with Crippen molar-refractivity contribution in [3.05, 3.63) is 29.8 Å². The number of aliphatic hydroxyl groups is 2. The number of carbonyl (C=O) groups excluding carboxylic acids is 3. The van der Waals surface area contributed by atoms with E-state index in [0.717, 1.165) is 6.92 Å². The maximum atomic E-state index is 12.2. The number of nitrogens with one attached hydrogen (secondary N) is 3. The maximum Gasteiger partial charge on any atom is 0.328 e. The lowest BCUT2D eigenvalue weighted by Gasteiger charge is -2.24. The van der Waals surface area contributed by atoms with Crippen molar-refractivity contribution in [3.63, 3.8) is 0 Å². The number of nitrogens with two attached hydrogens (primary N) is 1. The van der Waals surface area contributed by atoms with Crippen molar-refractivity contribution in [2.24, 2.45) is 5.73 Å². The van der Waals surface area contributed by atoms with Crippen LogP contribution in [0.25, 0.3) is 0 Å². The monoisotopic (exact) mass is 440 g/mol. The number of aliphatic carboxylic acids is 1. The zero-order valence-electron chi connectivity index (χ0n) is 17.1. The van der Waals surface area contributed by atoms with Crippen molar-refractivity contribution >= 4 is 23.7 Å². The third-order valence-electron chi connectivity index (χ3n) is 4.28. The van der Waals surface area contributed by atoms with Gasteiger partial charge >= 0.3 is 5.97 Å². The highest BCUT2D eigenvalue weighted by atomic mass is 16.4. The van der Waals surface area contributed by atoms with Gasteiger partial charge in [0.1, 0.15) is 11.8 Å². The summed E-state index contributed by atoms with van der Waals surface area (Å²) >= 11 is 0. The third kappa shape index (κ3) is 8.58. The van der Waals surface area contributed by atoms with Gasteiger partial charge in [0.05, 0.1) is 24.8 Å². The summed E-state index contributed by atoms with van der Waals surface area (Å²) in [5.41, 5.74) is 6.49. The average molecular weight is 440 g/mol. The Labute approximate surface area is 178 Å². The second kappa shape index (κ2) is 11.8. The number of aliphatic hydroxyl groups excluding tert-OH is 2. The van der Waals surface area contributed by atoms with E-state index in [1.54, 1.807) is 12.1 Å². The smallest absolute Gasteiger partial charge is 0.328 e. The molecule has 5 unspecified atom stereocenters. The van der Waals surface area contributed by atoms with E-state index in [0.29, 0.717) is 5.56 Å². The Kier molecular flexibility index (Phi) is 9.86. The Balaban J connectivity index is 2.60. The van der Waals surface area contributed by atoms with Gasteiger partial charge in [0, 0.05) is 0 Å². The Morgan fingerprint density at radius 2 is 1.48 bits per heavy atom. The van der Waals surface area contributed by atoms with Gasteiger partial charge in [0.2, 0.25) is 17.7 Å². The average Bonchev–Trinajstić information content (AvgIpc) is 2.68. The number of aromatic hydroxyl groups is 1. The molecule has 1 aromatic carbocycles. The molecule has 1 aromatic rings. The van der Waals surface area contributed by atoms with Gasteiger partial charge in [0.15, 0.2) is 6.04 Å². The summed E-state index contributed by atoms with van der Waals surface area (Å²) in [6.07, 6.45) is -2.65. The van der Waals surface area contributed by atoms with Crippen LogP contribution in [-0.2, 0) is 25.6 Å². The molecule has 3 amide bonds. The number of hydrogen-bond donors (Lipinski definition) is 8. The molecule has 172 valence electrons. The highest BCUT2D eigenvalue weighted by molar-refractivity contribution is 5.93. The highest BCUT2D eigenvalue weighted by Crippen LogP contribution is 2.10. The van der Waals surface area contributed by atoms with E-state index in [1.807, 2.05) is 5.32 Å². The number of carboxylic acid groups (broad SMARTS) is 1. The number of carboxylic acids is 1. The Morgan fingerprint density at radius 1 is 0.935 bits per heavy atom. The fraction of sp³-hybridized carbons (Fsp3) is 0.474. The zero-order valence-corrected chi connectivity index (χ0v) is 17.1. The zero-order chi connectivity index (χ0) is 23.7. The van der Waals surface area contributed by atoms with Gasteiger partial charge in [-0.25, -0.2) is 4.79 Å². The van der Waals surface area contributed by atoms with E-state index >= 15 is 0 Å². The van der Waals surface area contributed by atoms with Gasteiger partial charge in [-0.1, -0.05) is 12.1 Å². The number of rotatable bonds is 11. The molecular weight excluding hydrogens is 412 g/mol. The van der Waals surface area contributed by atoms with E-state index in [1.165, 1.54) is 19.1 Å². The first kappa shape index (κ1) is 25.8. The maximum absolute atomic E-state index is 12.2. The van der Waals surface area contributed by atoms with E-state index in [-0.39, 0.29) is 12.2 Å². The molecule has 12 heteroatoms. The minimum atomic E-state index is -1.64. The van der Waals surface area contributed by atoms with Crippen LogP contribution >= 0.6 is 0 Å². The van der Waals surface area contributed by atoms with Crippen LogP contribution in [0.2, 0.25) is 0 Å². The lowest BCUT2D eigenvalue weighted by atomic mass is 10.1. The molecule has 9 N–H and O–H groups in total.